The number of oxime groups is 1. The lowest BCUT2D eigenvalue weighted by molar-refractivity contribution is 0.0567. The molecule has 0 fully saturated rings. The van der Waals surface area contributed by atoms with E-state index in [9.17, 15) is 0 Å². The van der Waals surface area contributed by atoms with Crippen molar-refractivity contribution in [2.75, 3.05) is 26.4 Å². The summed E-state index contributed by atoms with van der Waals surface area (Å²) in [5.74, 6) is 0. The molecule has 0 bridgehead atoms. The highest BCUT2D eigenvalue weighted by atomic mass is 16.6. The highest BCUT2D eigenvalue weighted by Gasteiger charge is 1.82. The molecule has 0 saturated carbocycles. The second-order valence-electron chi connectivity index (χ2n) is 1.55. The van der Waals surface area contributed by atoms with Crippen LogP contribution in [0.5, 0.6) is 0 Å². The van der Waals surface area contributed by atoms with Crippen LogP contribution in [0.1, 0.15) is 6.92 Å². The fourth-order valence-corrected chi connectivity index (χ4v) is 0.389. The molecule has 0 heterocycles. The zero-order valence-corrected chi connectivity index (χ0v) is 6.25. The predicted molar refractivity (Wildman–Crippen MR) is 40.0 cm³/mol. The molecule has 0 atom stereocenters. The van der Waals surface area contributed by atoms with E-state index in [1.165, 1.54) is 6.21 Å². The number of hydrogen-bond donors (Lipinski definition) is 1. The van der Waals surface area contributed by atoms with Crippen molar-refractivity contribution in [3.05, 3.63) is 0 Å². The van der Waals surface area contributed by atoms with Crippen molar-refractivity contribution in [3.8, 4) is 0 Å². The first kappa shape index (κ1) is 9.39. The minimum atomic E-state index is 0.411. The number of nitrogens with zero attached hydrogens (tertiary/aromatic N) is 1. The SMILES string of the molecule is CCOCCON=CCN. The number of ether oxygens (including phenoxy) is 1. The van der Waals surface area contributed by atoms with Crippen LogP contribution in [0.15, 0.2) is 5.16 Å². The first-order valence-electron chi connectivity index (χ1n) is 3.33. The zero-order valence-electron chi connectivity index (χ0n) is 6.25. The Labute approximate surface area is 61.0 Å². The van der Waals surface area contributed by atoms with Gasteiger partial charge in [0.25, 0.3) is 0 Å². The van der Waals surface area contributed by atoms with Crippen LogP contribution < -0.4 is 5.73 Å². The summed E-state index contributed by atoms with van der Waals surface area (Å²) < 4.78 is 4.98. The molecule has 0 rings (SSSR count). The topological polar surface area (TPSA) is 56.8 Å². The van der Waals surface area contributed by atoms with Crippen LogP contribution in [0.25, 0.3) is 0 Å². The Morgan fingerprint density at radius 1 is 1.50 bits per heavy atom. The van der Waals surface area contributed by atoms with Crippen LogP contribution >= 0.6 is 0 Å². The van der Waals surface area contributed by atoms with Gasteiger partial charge in [-0.2, -0.15) is 0 Å². The van der Waals surface area contributed by atoms with Gasteiger partial charge >= 0.3 is 0 Å². The summed E-state index contributed by atoms with van der Waals surface area (Å²) in [6.07, 6.45) is 1.51. The molecule has 0 radical (unpaired) electrons. The van der Waals surface area contributed by atoms with E-state index in [0.717, 1.165) is 0 Å². The maximum Gasteiger partial charge on any atom is 0.140 e. The summed E-state index contributed by atoms with van der Waals surface area (Å²) in [4.78, 5) is 4.74. The second kappa shape index (κ2) is 8.39. The lowest BCUT2D eigenvalue weighted by Crippen LogP contribution is -2.03. The third kappa shape index (κ3) is 7.39. The molecule has 0 amide bonds. The molecule has 0 aromatic rings. The van der Waals surface area contributed by atoms with Gasteiger partial charge in [-0.05, 0) is 6.92 Å². The highest BCUT2D eigenvalue weighted by molar-refractivity contribution is 5.58. The van der Waals surface area contributed by atoms with Crippen LogP contribution in [0.2, 0.25) is 0 Å². The number of hydrogen-bond acceptors (Lipinski definition) is 4. The van der Waals surface area contributed by atoms with E-state index in [1.807, 2.05) is 6.92 Å². The summed E-state index contributed by atoms with van der Waals surface area (Å²) in [5.41, 5.74) is 5.11. The zero-order chi connectivity index (χ0) is 7.66. The van der Waals surface area contributed by atoms with Crippen LogP contribution in [0.4, 0.5) is 0 Å². The molecule has 0 aliphatic heterocycles. The summed E-state index contributed by atoms with van der Waals surface area (Å²) in [7, 11) is 0. The number of rotatable bonds is 6. The average molecular weight is 146 g/mol. The van der Waals surface area contributed by atoms with E-state index in [4.69, 9.17) is 15.3 Å². The molecular weight excluding hydrogens is 132 g/mol. The standard InChI is InChI=1S/C6H14N2O2/c1-2-9-5-6-10-8-4-3-7/h4H,2-3,5-7H2,1H3. The second-order valence-corrected chi connectivity index (χ2v) is 1.55. The molecule has 60 valence electrons. The molecule has 2 N–H and O–H groups in total. The van der Waals surface area contributed by atoms with Gasteiger partial charge in [-0.15, -0.1) is 0 Å². The Balaban J connectivity index is 2.83. The van der Waals surface area contributed by atoms with Gasteiger partial charge in [-0.3, -0.25) is 0 Å². The van der Waals surface area contributed by atoms with Crippen molar-refractivity contribution < 1.29 is 9.57 Å². The predicted octanol–water partition coefficient (Wildman–Crippen LogP) is -0.0160. The van der Waals surface area contributed by atoms with Gasteiger partial charge in [0.05, 0.1) is 12.8 Å². The minimum Gasteiger partial charge on any atom is -0.394 e. The summed E-state index contributed by atoms with van der Waals surface area (Å²) >= 11 is 0. The summed E-state index contributed by atoms with van der Waals surface area (Å²) in [6, 6.07) is 0. The third-order valence-corrected chi connectivity index (χ3v) is 0.778. The van der Waals surface area contributed by atoms with Crippen molar-refractivity contribution in [3.63, 3.8) is 0 Å². The van der Waals surface area contributed by atoms with Gasteiger partial charge < -0.3 is 15.3 Å². The van der Waals surface area contributed by atoms with Gasteiger partial charge in [0.15, 0.2) is 0 Å². The van der Waals surface area contributed by atoms with Crippen molar-refractivity contribution in [1.82, 2.24) is 0 Å². The molecule has 0 unspecified atom stereocenters. The molecule has 4 nitrogen and oxygen atoms in total. The Bertz CT molecular complexity index is 85.8. The lowest BCUT2D eigenvalue weighted by atomic mass is 10.7. The molecule has 0 aliphatic carbocycles. The minimum absolute atomic E-state index is 0.411. The fourth-order valence-electron chi connectivity index (χ4n) is 0.389. The summed E-state index contributed by atoms with van der Waals surface area (Å²) in [6.45, 7) is 4.13. The van der Waals surface area contributed by atoms with Gasteiger partial charge in [-0.1, -0.05) is 5.16 Å². The van der Waals surface area contributed by atoms with Gasteiger partial charge in [0.1, 0.15) is 6.61 Å². The smallest absolute Gasteiger partial charge is 0.140 e. The average Bonchev–Trinajstić information content (AvgIpc) is 1.97. The van der Waals surface area contributed by atoms with E-state index in [0.29, 0.717) is 26.4 Å². The maximum atomic E-state index is 5.11. The maximum absolute atomic E-state index is 5.11. The summed E-state index contributed by atoms with van der Waals surface area (Å²) in [5, 5.41) is 3.53. The van der Waals surface area contributed by atoms with Crippen molar-refractivity contribution >= 4 is 6.21 Å². The Morgan fingerprint density at radius 3 is 2.90 bits per heavy atom. The molecule has 0 aliphatic rings. The first-order valence-corrected chi connectivity index (χ1v) is 3.33. The third-order valence-electron chi connectivity index (χ3n) is 0.778. The Hall–Kier alpha value is -0.610. The van der Waals surface area contributed by atoms with E-state index in [1.54, 1.807) is 0 Å². The van der Waals surface area contributed by atoms with Gasteiger partial charge in [0, 0.05) is 13.2 Å². The van der Waals surface area contributed by atoms with E-state index in [-0.39, 0.29) is 0 Å². The highest BCUT2D eigenvalue weighted by Crippen LogP contribution is 1.76. The van der Waals surface area contributed by atoms with Crippen LogP contribution in [0.3, 0.4) is 0 Å². The fraction of sp³-hybridized carbons (Fsp3) is 0.833. The molecular formula is C6H14N2O2. The van der Waals surface area contributed by atoms with Crippen molar-refractivity contribution in [2.24, 2.45) is 10.9 Å². The first-order chi connectivity index (χ1) is 4.91. The van der Waals surface area contributed by atoms with Crippen LogP contribution in [0, 0.1) is 0 Å². The normalized spacial score (nSPS) is 10.6. The lowest BCUT2D eigenvalue weighted by Gasteiger charge is -1.97. The molecule has 0 saturated heterocycles. The van der Waals surface area contributed by atoms with E-state index >= 15 is 0 Å². The Morgan fingerprint density at radius 2 is 2.30 bits per heavy atom. The van der Waals surface area contributed by atoms with Gasteiger partial charge in [0.2, 0.25) is 0 Å². The monoisotopic (exact) mass is 146 g/mol. The van der Waals surface area contributed by atoms with E-state index < -0.39 is 0 Å². The largest absolute Gasteiger partial charge is 0.394 e. The van der Waals surface area contributed by atoms with Crippen LogP contribution in [-0.2, 0) is 9.57 Å². The Kier molecular flexibility index (Phi) is 7.88. The quantitative estimate of drug-likeness (QED) is 0.325. The van der Waals surface area contributed by atoms with Crippen molar-refractivity contribution in [2.45, 2.75) is 6.92 Å². The van der Waals surface area contributed by atoms with Gasteiger partial charge in [-0.25, -0.2) is 0 Å². The number of nitrogens with two attached hydrogens (primary N) is 1. The molecule has 0 spiro atoms. The van der Waals surface area contributed by atoms with E-state index in [2.05, 4.69) is 5.16 Å². The van der Waals surface area contributed by atoms with Crippen molar-refractivity contribution in [1.29, 1.82) is 0 Å². The molecule has 0 aromatic carbocycles. The molecule has 10 heavy (non-hydrogen) atoms. The molecule has 4 heteroatoms. The van der Waals surface area contributed by atoms with Crippen LogP contribution in [-0.4, -0.2) is 32.6 Å². The molecule has 0 aromatic heterocycles.